The Balaban J connectivity index is 1.71. The molecule has 5 rings (SSSR count). The van der Waals surface area contributed by atoms with Crippen LogP contribution in [-0.4, -0.2) is 36.8 Å². The van der Waals surface area contributed by atoms with Crippen LogP contribution in [-0.2, 0) is 0 Å². The number of rotatable bonds is 5. The highest BCUT2D eigenvalue weighted by Gasteiger charge is 2.23. The Hall–Kier alpha value is -3.87. The van der Waals surface area contributed by atoms with Gasteiger partial charge in [-0.15, -0.1) is 0 Å². The van der Waals surface area contributed by atoms with Crippen LogP contribution in [0.3, 0.4) is 0 Å². The van der Waals surface area contributed by atoms with Gasteiger partial charge < -0.3 is 24.3 Å². The van der Waals surface area contributed by atoms with Gasteiger partial charge in [-0.25, -0.2) is 4.98 Å². The molecule has 7 heteroatoms. The van der Waals surface area contributed by atoms with E-state index in [9.17, 15) is 0 Å². The fourth-order valence-corrected chi connectivity index (χ4v) is 3.89. The third kappa shape index (κ3) is 3.28. The van der Waals surface area contributed by atoms with Crippen molar-refractivity contribution in [3.63, 3.8) is 0 Å². The molecule has 3 heterocycles. The van der Waals surface area contributed by atoms with Crippen LogP contribution in [0.4, 0.5) is 11.5 Å². The number of pyridine rings is 1. The molecule has 0 fully saturated rings. The van der Waals surface area contributed by atoms with Gasteiger partial charge in [-0.05, 0) is 43.3 Å². The summed E-state index contributed by atoms with van der Waals surface area (Å²) in [4.78, 5) is 4.93. The van der Waals surface area contributed by atoms with Gasteiger partial charge in [0, 0.05) is 17.4 Å². The average molecular weight is 417 g/mol. The van der Waals surface area contributed by atoms with E-state index in [1.807, 2.05) is 61.5 Å². The lowest BCUT2D eigenvalue weighted by Gasteiger charge is -2.19. The number of imidazole rings is 1. The van der Waals surface area contributed by atoms with Gasteiger partial charge in [0.2, 0.25) is 0 Å². The summed E-state index contributed by atoms with van der Waals surface area (Å²) < 4.78 is 24.8. The molecule has 0 saturated heterocycles. The monoisotopic (exact) mass is 417 g/mol. The first-order valence-electron chi connectivity index (χ1n) is 10.1. The van der Waals surface area contributed by atoms with Gasteiger partial charge in [0.1, 0.15) is 41.9 Å². The minimum Gasteiger partial charge on any atom is -0.496 e. The van der Waals surface area contributed by atoms with E-state index < -0.39 is 0 Å². The van der Waals surface area contributed by atoms with Crippen LogP contribution in [0.5, 0.6) is 23.0 Å². The average Bonchev–Trinajstić information content (AvgIpc) is 3.17. The number of nitrogens with zero attached hydrogens (tertiary/aromatic N) is 2. The predicted molar refractivity (Wildman–Crippen MR) is 119 cm³/mol. The highest BCUT2D eigenvalue weighted by atomic mass is 16.6. The first kappa shape index (κ1) is 19.1. The number of benzene rings is 2. The fraction of sp³-hybridized carbons (Fsp3) is 0.208. The van der Waals surface area contributed by atoms with E-state index >= 15 is 0 Å². The summed E-state index contributed by atoms with van der Waals surface area (Å²) in [5.41, 5.74) is 4.26. The lowest BCUT2D eigenvalue weighted by Crippen LogP contribution is -2.15. The summed E-state index contributed by atoms with van der Waals surface area (Å²) in [5, 5.41) is 3.54. The van der Waals surface area contributed by atoms with Crippen molar-refractivity contribution >= 4 is 17.2 Å². The quantitative estimate of drug-likeness (QED) is 0.501. The zero-order valence-corrected chi connectivity index (χ0v) is 17.6. The van der Waals surface area contributed by atoms with E-state index in [4.69, 9.17) is 23.9 Å². The molecule has 1 N–H and O–H groups in total. The largest absolute Gasteiger partial charge is 0.496 e. The molecule has 0 amide bonds. The lowest BCUT2D eigenvalue weighted by molar-refractivity contribution is 0.171. The topological polar surface area (TPSA) is 66.3 Å². The minimum atomic E-state index is 0.537. The number of aromatic nitrogens is 2. The van der Waals surface area contributed by atoms with Gasteiger partial charge in [-0.3, -0.25) is 4.40 Å². The highest BCUT2D eigenvalue weighted by molar-refractivity contribution is 5.86. The maximum absolute atomic E-state index is 5.75. The zero-order valence-electron chi connectivity index (χ0n) is 17.6. The first-order valence-corrected chi connectivity index (χ1v) is 10.1. The molecular weight excluding hydrogens is 394 g/mol. The number of aryl methyl sites for hydroxylation is 1. The molecular formula is C24H23N3O4. The third-order valence-electron chi connectivity index (χ3n) is 5.31. The number of anilines is 2. The number of methoxy groups -OCH3 is 2. The third-order valence-corrected chi connectivity index (χ3v) is 5.31. The number of ether oxygens (including phenoxy) is 4. The molecule has 2 aromatic carbocycles. The van der Waals surface area contributed by atoms with Crippen LogP contribution in [0, 0.1) is 6.92 Å². The summed E-state index contributed by atoms with van der Waals surface area (Å²) in [6.45, 7) is 3.14. The van der Waals surface area contributed by atoms with Gasteiger partial charge in [0.25, 0.3) is 0 Å². The van der Waals surface area contributed by atoms with E-state index in [1.165, 1.54) is 0 Å². The summed E-state index contributed by atoms with van der Waals surface area (Å²) in [6, 6.07) is 17.6. The van der Waals surface area contributed by atoms with Crippen molar-refractivity contribution in [2.24, 2.45) is 0 Å². The van der Waals surface area contributed by atoms with E-state index in [0.29, 0.717) is 24.7 Å². The Kier molecular flexibility index (Phi) is 4.78. The van der Waals surface area contributed by atoms with Gasteiger partial charge in [0.15, 0.2) is 11.5 Å². The summed E-state index contributed by atoms with van der Waals surface area (Å²) in [6.07, 6.45) is 0. The molecule has 31 heavy (non-hydrogen) atoms. The Labute approximate surface area is 180 Å². The SMILES string of the molecule is COc1cccc(OC)c1-c1nc2cccc(C)n2c1Nc1ccc2c(c1)OCCO2. The summed E-state index contributed by atoms with van der Waals surface area (Å²) in [7, 11) is 3.29. The van der Waals surface area contributed by atoms with Crippen molar-refractivity contribution in [1.82, 2.24) is 9.38 Å². The lowest BCUT2D eigenvalue weighted by atomic mass is 10.1. The maximum atomic E-state index is 5.75. The smallest absolute Gasteiger partial charge is 0.163 e. The summed E-state index contributed by atoms with van der Waals surface area (Å²) >= 11 is 0. The van der Waals surface area contributed by atoms with Crippen LogP contribution in [0.1, 0.15) is 5.69 Å². The van der Waals surface area contributed by atoms with Gasteiger partial charge >= 0.3 is 0 Å². The van der Waals surface area contributed by atoms with E-state index in [0.717, 1.165) is 45.6 Å². The van der Waals surface area contributed by atoms with Crippen molar-refractivity contribution < 1.29 is 18.9 Å². The van der Waals surface area contributed by atoms with Crippen molar-refractivity contribution in [3.05, 3.63) is 60.3 Å². The standard InChI is InChI=1S/C24H23N3O4/c1-15-6-4-9-21-26-23(22-18(28-2)7-5-8-19(22)29-3)24(27(15)21)25-16-10-11-17-20(14-16)31-13-12-30-17/h4-11,14,25H,12-13H2,1-3H3. The number of hydrogen-bond acceptors (Lipinski definition) is 6. The van der Waals surface area contributed by atoms with Crippen LogP contribution in [0.15, 0.2) is 54.6 Å². The van der Waals surface area contributed by atoms with Crippen molar-refractivity contribution in [2.45, 2.75) is 6.92 Å². The van der Waals surface area contributed by atoms with Crippen LogP contribution in [0.25, 0.3) is 16.9 Å². The Morgan fingerprint density at radius 3 is 2.35 bits per heavy atom. The molecule has 4 aromatic rings. The van der Waals surface area contributed by atoms with Crippen molar-refractivity contribution in [3.8, 4) is 34.3 Å². The number of nitrogens with one attached hydrogen (secondary N) is 1. The molecule has 0 bridgehead atoms. The van der Waals surface area contributed by atoms with Gasteiger partial charge in [-0.2, -0.15) is 0 Å². The molecule has 0 atom stereocenters. The molecule has 0 spiro atoms. The van der Waals surface area contributed by atoms with Gasteiger partial charge in [0.05, 0.1) is 19.8 Å². The van der Waals surface area contributed by atoms with E-state index in [1.54, 1.807) is 14.2 Å². The second kappa shape index (κ2) is 7.75. The minimum absolute atomic E-state index is 0.537. The molecule has 0 saturated carbocycles. The van der Waals surface area contributed by atoms with Crippen molar-refractivity contribution in [1.29, 1.82) is 0 Å². The molecule has 2 aromatic heterocycles. The Bertz CT molecular complexity index is 1240. The van der Waals surface area contributed by atoms with Crippen LogP contribution in [0.2, 0.25) is 0 Å². The van der Waals surface area contributed by atoms with Crippen LogP contribution < -0.4 is 24.3 Å². The molecule has 0 unspecified atom stereocenters. The molecule has 0 aliphatic carbocycles. The second-order valence-electron chi connectivity index (χ2n) is 7.19. The second-order valence-corrected chi connectivity index (χ2v) is 7.19. The van der Waals surface area contributed by atoms with E-state index in [-0.39, 0.29) is 0 Å². The van der Waals surface area contributed by atoms with Crippen molar-refractivity contribution in [2.75, 3.05) is 32.8 Å². The molecule has 7 nitrogen and oxygen atoms in total. The first-order chi connectivity index (χ1) is 15.2. The number of fused-ring (bicyclic) bond motifs is 2. The molecule has 158 valence electrons. The zero-order chi connectivity index (χ0) is 21.4. The fourth-order valence-electron chi connectivity index (χ4n) is 3.89. The highest BCUT2D eigenvalue weighted by Crippen LogP contribution is 2.43. The summed E-state index contributed by atoms with van der Waals surface area (Å²) in [5.74, 6) is 3.65. The normalized spacial score (nSPS) is 12.6. The molecule has 1 aliphatic rings. The van der Waals surface area contributed by atoms with E-state index in [2.05, 4.69) is 9.72 Å². The molecule has 1 aliphatic heterocycles. The Morgan fingerprint density at radius 2 is 1.61 bits per heavy atom. The Morgan fingerprint density at radius 1 is 0.903 bits per heavy atom. The maximum Gasteiger partial charge on any atom is 0.163 e. The van der Waals surface area contributed by atoms with Gasteiger partial charge in [-0.1, -0.05) is 12.1 Å². The molecule has 0 radical (unpaired) electrons. The predicted octanol–water partition coefficient (Wildman–Crippen LogP) is 4.84. The van der Waals surface area contributed by atoms with Crippen LogP contribution >= 0.6 is 0 Å². The number of hydrogen-bond donors (Lipinski definition) is 1.